The molecule has 5 aromatic rings. The Hall–Kier alpha value is -4.63. The normalized spacial score (nSPS) is 11.2. The number of amides is 1. The van der Waals surface area contributed by atoms with Crippen LogP contribution in [0.2, 0.25) is 0 Å². The lowest BCUT2D eigenvalue weighted by molar-refractivity contribution is -0.118. The van der Waals surface area contributed by atoms with Crippen LogP contribution in [0.15, 0.2) is 107 Å². The number of thioether (sulfide) groups is 1. The molecule has 41 heavy (non-hydrogen) atoms. The number of benzene rings is 4. The number of para-hydroxylation sites is 1. The molecule has 1 heterocycles. The number of hydrogen-bond acceptors (Lipinski definition) is 7. The van der Waals surface area contributed by atoms with Gasteiger partial charge in [-0.3, -0.25) is 9.36 Å². The number of hydrogen-bond donors (Lipinski definition) is 2. The molecule has 4 aromatic carbocycles. The van der Waals surface area contributed by atoms with Gasteiger partial charge in [-0.25, -0.2) is 5.43 Å². The van der Waals surface area contributed by atoms with E-state index in [2.05, 4.69) is 81.2 Å². The Morgan fingerprint density at radius 3 is 2.41 bits per heavy atom. The molecule has 0 saturated carbocycles. The van der Waals surface area contributed by atoms with Gasteiger partial charge in [0, 0.05) is 35.5 Å². The molecule has 8 nitrogen and oxygen atoms in total. The third-order valence-corrected chi connectivity index (χ3v) is 7.63. The topological polar surface area (TPSA) is 87.4 Å². The van der Waals surface area contributed by atoms with E-state index in [1.165, 1.54) is 22.8 Å². The molecule has 208 valence electrons. The van der Waals surface area contributed by atoms with Gasteiger partial charge in [-0.2, -0.15) is 5.10 Å². The Kier molecular flexibility index (Phi) is 9.28. The van der Waals surface area contributed by atoms with E-state index in [1.54, 1.807) is 6.21 Å². The van der Waals surface area contributed by atoms with Crippen LogP contribution >= 0.6 is 11.8 Å². The van der Waals surface area contributed by atoms with Crippen LogP contribution in [0.5, 0.6) is 0 Å². The predicted molar refractivity (Wildman–Crippen MR) is 169 cm³/mol. The van der Waals surface area contributed by atoms with Crippen molar-refractivity contribution < 1.29 is 4.79 Å². The molecule has 0 fully saturated rings. The van der Waals surface area contributed by atoms with Crippen molar-refractivity contribution in [1.82, 2.24) is 20.2 Å². The molecule has 0 aliphatic rings. The lowest BCUT2D eigenvalue weighted by Crippen LogP contribution is -2.21. The molecule has 0 bridgehead atoms. The molecule has 0 aliphatic heterocycles. The average molecular weight is 564 g/mol. The molecule has 0 spiro atoms. The third kappa shape index (κ3) is 6.93. The number of nitrogens with zero attached hydrogens (tertiary/aromatic N) is 5. The molecule has 0 unspecified atom stereocenters. The lowest BCUT2D eigenvalue weighted by atomic mass is 10.1. The Labute approximate surface area is 244 Å². The highest BCUT2D eigenvalue weighted by molar-refractivity contribution is 7.99. The number of nitrogens with one attached hydrogen (secondary N) is 2. The fourth-order valence-electron chi connectivity index (χ4n) is 4.60. The van der Waals surface area contributed by atoms with E-state index in [4.69, 9.17) is 0 Å². The third-order valence-electron chi connectivity index (χ3n) is 6.70. The van der Waals surface area contributed by atoms with Crippen LogP contribution in [0.25, 0.3) is 16.5 Å². The van der Waals surface area contributed by atoms with Crippen LogP contribution in [0, 0.1) is 0 Å². The molecule has 9 heteroatoms. The van der Waals surface area contributed by atoms with Gasteiger partial charge in [0.2, 0.25) is 0 Å². The van der Waals surface area contributed by atoms with Crippen molar-refractivity contribution >= 4 is 46.0 Å². The molecule has 1 aromatic heterocycles. The fourth-order valence-corrected chi connectivity index (χ4v) is 5.36. The first-order chi connectivity index (χ1) is 20.2. The number of hydrazone groups is 1. The highest BCUT2D eigenvalue weighted by atomic mass is 32.2. The molecular formula is C32H33N7OS. The summed E-state index contributed by atoms with van der Waals surface area (Å²) in [5.74, 6) is 0.683. The SMILES string of the molecule is CCN(CC)c1ccc(/C=N\NC(=O)CSc2nnc(CNc3cccc4ccccc34)n2-c2ccccc2)cc1. The van der Waals surface area contributed by atoms with E-state index >= 15 is 0 Å². The molecule has 2 N–H and O–H groups in total. The van der Waals surface area contributed by atoms with Crippen LogP contribution in [0.1, 0.15) is 25.2 Å². The predicted octanol–water partition coefficient (Wildman–Crippen LogP) is 6.12. The van der Waals surface area contributed by atoms with Crippen molar-refractivity contribution in [2.45, 2.75) is 25.5 Å². The Morgan fingerprint density at radius 2 is 1.63 bits per heavy atom. The highest BCUT2D eigenvalue weighted by Gasteiger charge is 2.16. The van der Waals surface area contributed by atoms with Crippen molar-refractivity contribution in [3.63, 3.8) is 0 Å². The zero-order valence-electron chi connectivity index (χ0n) is 23.2. The monoisotopic (exact) mass is 563 g/mol. The Bertz CT molecular complexity index is 1610. The second kappa shape index (κ2) is 13.6. The summed E-state index contributed by atoms with van der Waals surface area (Å²) in [6.45, 7) is 6.66. The first kappa shape index (κ1) is 27.9. The maximum atomic E-state index is 12.6. The highest BCUT2D eigenvalue weighted by Crippen LogP contribution is 2.26. The standard InChI is InChI=1S/C32H33N7OS/c1-3-38(4-2)26-19-17-24(18-20-26)21-34-36-31(40)23-41-32-37-35-30(39(32)27-13-6-5-7-14-27)22-33-29-16-10-12-25-11-8-9-15-28(25)29/h5-21,33H,3-4,22-23H2,1-2H3,(H,36,40)/b34-21-. The number of carbonyl (C=O) groups is 1. The van der Waals surface area contributed by atoms with Crippen molar-refractivity contribution in [2.24, 2.45) is 5.10 Å². The van der Waals surface area contributed by atoms with Gasteiger partial charge in [-0.05, 0) is 55.1 Å². The maximum absolute atomic E-state index is 12.6. The molecule has 0 atom stereocenters. The van der Waals surface area contributed by atoms with E-state index < -0.39 is 0 Å². The van der Waals surface area contributed by atoms with E-state index in [-0.39, 0.29) is 11.7 Å². The summed E-state index contributed by atoms with van der Waals surface area (Å²) >= 11 is 1.32. The summed E-state index contributed by atoms with van der Waals surface area (Å²) in [5, 5.41) is 19.5. The fraction of sp³-hybridized carbons (Fsp3) is 0.188. The van der Waals surface area contributed by atoms with Gasteiger partial charge in [0.1, 0.15) is 0 Å². The summed E-state index contributed by atoms with van der Waals surface area (Å²) < 4.78 is 1.98. The van der Waals surface area contributed by atoms with Crippen molar-refractivity contribution in [3.05, 3.63) is 108 Å². The summed E-state index contributed by atoms with van der Waals surface area (Å²) in [6.07, 6.45) is 1.65. The largest absolute Gasteiger partial charge is 0.377 e. The zero-order valence-corrected chi connectivity index (χ0v) is 24.0. The average Bonchev–Trinajstić information content (AvgIpc) is 3.43. The Morgan fingerprint density at radius 1 is 0.902 bits per heavy atom. The summed E-state index contributed by atoms with van der Waals surface area (Å²) in [6, 6.07) is 32.5. The molecule has 5 rings (SSSR count). The summed E-state index contributed by atoms with van der Waals surface area (Å²) in [5.41, 5.74) is 6.67. The summed E-state index contributed by atoms with van der Waals surface area (Å²) in [4.78, 5) is 14.9. The quantitative estimate of drug-likeness (QED) is 0.108. The van der Waals surface area contributed by atoms with Gasteiger partial charge in [0.25, 0.3) is 5.91 Å². The number of fused-ring (bicyclic) bond motifs is 1. The summed E-state index contributed by atoms with van der Waals surface area (Å²) in [7, 11) is 0. The zero-order chi connectivity index (χ0) is 28.4. The second-order valence-corrected chi connectivity index (χ2v) is 10.2. The number of anilines is 2. The first-order valence-electron chi connectivity index (χ1n) is 13.7. The lowest BCUT2D eigenvalue weighted by Gasteiger charge is -2.20. The second-order valence-electron chi connectivity index (χ2n) is 9.30. The van der Waals surface area contributed by atoms with Crippen LogP contribution in [-0.4, -0.2) is 45.7 Å². The van der Waals surface area contributed by atoms with Gasteiger partial charge >= 0.3 is 0 Å². The minimum atomic E-state index is -0.218. The van der Waals surface area contributed by atoms with Crippen LogP contribution < -0.4 is 15.6 Å². The van der Waals surface area contributed by atoms with Crippen molar-refractivity contribution in [3.8, 4) is 5.69 Å². The smallest absolute Gasteiger partial charge is 0.250 e. The molecule has 1 amide bonds. The van der Waals surface area contributed by atoms with E-state index in [9.17, 15) is 4.79 Å². The Balaban J connectivity index is 1.24. The number of carbonyl (C=O) groups excluding carboxylic acids is 1. The number of aromatic nitrogens is 3. The van der Waals surface area contributed by atoms with Crippen LogP contribution in [0.4, 0.5) is 11.4 Å². The number of rotatable bonds is 12. The molecule has 0 saturated heterocycles. The van der Waals surface area contributed by atoms with Gasteiger partial charge < -0.3 is 10.2 Å². The van der Waals surface area contributed by atoms with E-state index in [0.717, 1.165) is 41.2 Å². The van der Waals surface area contributed by atoms with Gasteiger partial charge in [0.05, 0.1) is 18.5 Å². The van der Waals surface area contributed by atoms with Crippen molar-refractivity contribution in [1.29, 1.82) is 0 Å². The van der Waals surface area contributed by atoms with Crippen LogP contribution in [0.3, 0.4) is 0 Å². The minimum absolute atomic E-state index is 0.153. The molecular weight excluding hydrogens is 530 g/mol. The van der Waals surface area contributed by atoms with E-state index in [0.29, 0.717) is 11.7 Å². The minimum Gasteiger partial charge on any atom is -0.377 e. The first-order valence-corrected chi connectivity index (χ1v) is 14.7. The maximum Gasteiger partial charge on any atom is 0.250 e. The van der Waals surface area contributed by atoms with Crippen molar-refractivity contribution in [2.75, 3.05) is 29.1 Å². The molecule has 0 radical (unpaired) electrons. The van der Waals surface area contributed by atoms with E-state index in [1.807, 2.05) is 65.2 Å². The van der Waals surface area contributed by atoms with Gasteiger partial charge in [0.15, 0.2) is 11.0 Å². The molecule has 0 aliphatic carbocycles. The van der Waals surface area contributed by atoms with Gasteiger partial charge in [-0.1, -0.05) is 78.5 Å². The van der Waals surface area contributed by atoms with Crippen LogP contribution in [-0.2, 0) is 11.3 Å². The van der Waals surface area contributed by atoms with Gasteiger partial charge in [-0.15, -0.1) is 10.2 Å².